The average molecular weight is 255 g/mol. The first-order chi connectivity index (χ1) is 9.17. The van der Waals surface area contributed by atoms with Gasteiger partial charge in [0.15, 0.2) is 0 Å². The fraction of sp³-hybridized carbons (Fsp3) is 0.562. The molecule has 2 bridgehead atoms. The molecule has 2 saturated carbocycles. The molecule has 0 saturated heterocycles. The Morgan fingerprint density at radius 1 is 1.37 bits per heavy atom. The van der Waals surface area contributed by atoms with Crippen LogP contribution < -0.4 is 10.6 Å². The molecule has 1 aromatic rings. The highest BCUT2D eigenvalue weighted by Crippen LogP contribution is 2.48. The van der Waals surface area contributed by atoms with Gasteiger partial charge in [0, 0.05) is 19.3 Å². The standard InChI is InChI=1S/C16H21N3/c1-19(10-14-7-11-2-3-12(14)6-11)15-5-4-13(9-17)16(18)8-15/h4-5,8,11-12,14H,2-3,6-7,10,18H2,1H3. The molecule has 1 aromatic carbocycles. The summed E-state index contributed by atoms with van der Waals surface area (Å²) in [5.41, 5.74) is 8.16. The number of fused-ring (bicyclic) bond motifs is 2. The number of nitriles is 1. The van der Waals surface area contributed by atoms with Gasteiger partial charge in [0.1, 0.15) is 6.07 Å². The number of hydrogen-bond donors (Lipinski definition) is 1. The van der Waals surface area contributed by atoms with Crippen molar-refractivity contribution in [3.05, 3.63) is 23.8 Å². The minimum Gasteiger partial charge on any atom is -0.398 e. The maximum Gasteiger partial charge on any atom is 0.101 e. The van der Waals surface area contributed by atoms with Crippen LogP contribution in [0.3, 0.4) is 0 Å². The zero-order chi connectivity index (χ0) is 13.4. The molecule has 0 aromatic heterocycles. The van der Waals surface area contributed by atoms with Gasteiger partial charge in [-0.25, -0.2) is 0 Å². The van der Waals surface area contributed by atoms with Gasteiger partial charge in [-0.2, -0.15) is 5.26 Å². The number of hydrogen-bond acceptors (Lipinski definition) is 3. The van der Waals surface area contributed by atoms with Gasteiger partial charge in [0.05, 0.1) is 11.3 Å². The van der Waals surface area contributed by atoms with Crippen molar-refractivity contribution in [3.8, 4) is 6.07 Å². The minimum atomic E-state index is 0.567. The lowest BCUT2D eigenvalue weighted by Gasteiger charge is -2.28. The summed E-state index contributed by atoms with van der Waals surface area (Å²) < 4.78 is 0. The molecule has 0 spiro atoms. The van der Waals surface area contributed by atoms with Gasteiger partial charge in [-0.1, -0.05) is 6.42 Å². The zero-order valence-corrected chi connectivity index (χ0v) is 11.5. The molecule has 2 fully saturated rings. The van der Waals surface area contributed by atoms with E-state index < -0.39 is 0 Å². The Kier molecular flexibility index (Phi) is 3.10. The predicted octanol–water partition coefficient (Wildman–Crippen LogP) is 3.01. The summed E-state index contributed by atoms with van der Waals surface area (Å²) in [6, 6.07) is 7.86. The molecule has 3 rings (SSSR count). The SMILES string of the molecule is CN(CC1CC2CCC1C2)c1ccc(C#N)c(N)c1. The Morgan fingerprint density at radius 3 is 2.79 bits per heavy atom. The molecule has 3 heteroatoms. The highest BCUT2D eigenvalue weighted by molar-refractivity contribution is 5.63. The van der Waals surface area contributed by atoms with E-state index in [0.29, 0.717) is 11.3 Å². The summed E-state index contributed by atoms with van der Waals surface area (Å²) >= 11 is 0. The summed E-state index contributed by atoms with van der Waals surface area (Å²) in [6.07, 6.45) is 5.74. The van der Waals surface area contributed by atoms with E-state index in [2.05, 4.69) is 18.0 Å². The van der Waals surface area contributed by atoms with E-state index in [4.69, 9.17) is 11.0 Å². The Morgan fingerprint density at radius 2 is 2.21 bits per heavy atom. The van der Waals surface area contributed by atoms with Crippen molar-refractivity contribution in [2.75, 3.05) is 24.2 Å². The molecule has 3 nitrogen and oxygen atoms in total. The number of nitrogen functional groups attached to an aromatic ring is 1. The fourth-order valence-electron chi connectivity index (χ4n) is 3.95. The molecule has 100 valence electrons. The van der Waals surface area contributed by atoms with E-state index in [1.165, 1.54) is 25.7 Å². The third kappa shape index (κ3) is 2.28. The predicted molar refractivity (Wildman–Crippen MR) is 77.8 cm³/mol. The monoisotopic (exact) mass is 255 g/mol. The normalized spacial score (nSPS) is 28.3. The Hall–Kier alpha value is -1.69. The van der Waals surface area contributed by atoms with Crippen molar-refractivity contribution >= 4 is 11.4 Å². The second-order valence-electron chi connectivity index (χ2n) is 6.20. The van der Waals surface area contributed by atoms with E-state index in [1.807, 2.05) is 18.2 Å². The van der Waals surface area contributed by atoms with Crippen LogP contribution in [0.15, 0.2) is 18.2 Å². The van der Waals surface area contributed by atoms with Crippen LogP contribution in [0.1, 0.15) is 31.2 Å². The number of anilines is 2. The summed E-state index contributed by atoms with van der Waals surface area (Å²) in [6.45, 7) is 1.12. The first-order valence-electron chi connectivity index (χ1n) is 7.18. The van der Waals surface area contributed by atoms with Crippen LogP contribution in [0.2, 0.25) is 0 Å². The lowest BCUT2D eigenvalue weighted by molar-refractivity contribution is 0.337. The first-order valence-corrected chi connectivity index (χ1v) is 7.18. The molecule has 3 unspecified atom stereocenters. The molecule has 2 aliphatic rings. The van der Waals surface area contributed by atoms with Crippen LogP contribution in [0.5, 0.6) is 0 Å². The highest BCUT2D eigenvalue weighted by Gasteiger charge is 2.39. The fourth-order valence-corrected chi connectivity index (χ4v) is 3.95. The van der Waals surface area contributed by atoms with E-state index in [-0.39, 0.29) is 0 Å². The summed E-state index contributed by atoms with van der Waals surface area (Å²) in [5, 5.41) is 8.91. The maximum absolute atomic E-state index is 8.91. The van der Waals surface area contributed by atoms with Crippen molar-refractivity contribution in [1.29, 1.82) is 5.26 Å². The van der Waals surface area contributed by atoms with Crippen LogP contribution >= 0.6 is 0 Å². The first kappa shape index (κ1) is 12.3. The van der Waals surface area contributed by atoms with Crippen molar-refractivity contribution in [1.82, 2.24) is 0 Å². The van der Waals surface area contributed by atoms with Crippen LogP contribution in [0, 0.1) is 29.1 Å². The summed E-state index contributed by atoms with van der Waals surface area (Å²) in [4.78, 5) is 2.29. The highest BCUT2D eigenvalue weighted by atomic mass is 15.1. The third-order valence-electron chi connectivity index (χ3n) is 4.99. The van der Waals surface area contributed by atoms with Crippen LogP contribution in [0.4, 0.5) is 11.4 Å². The van der Waals surface area contributed by atoms with Crippen LogP contribution in [0.25, 0.3) is 0 Å². The smallest absolute Gasteiger partial charge is 0.101 e. The summed E-state index contributed by atoms with van der Waals surface area (Å²) in [5.74, 6) is 2.79. The topological polar surface area (TPSA) is 53.0 Å². The van der Waals surface area contributed by atoms with Gasteiger partial charge in [-0.15, -0.1) is 0 Å². The molecule has 0 radical (unpaired) electrons. The van der Waals surface area contributed by atoms with Crippen molar-refractivity contribution in [2.45, 2.75) is 25.7 Å². The van der Waals surface area contributed by atoms with Gasteiger partial charge in [0.2, 0.25) is 0 Å². The molecule has 0 amide bonds. The maximum atomic E-state index is 8.91. The molecule has 0 heterocycles. The average Bonchev–Trinajstić information content (AvgIpc) is 3.00. The number of nitrogens with two attached hydrogens (primary N) is 1. The second kappa shape index (κ2) is 4.77. The molecule has 2 aliphatic carbocycles. The largest absolute Gasteiger partial charge is 0.398 e. The van der Waals surface area contributed by atoms with Gasteiger partial charge in [-0.05, 0) is 55.2 Å². The molecule has 0 aliphatic heterocycles. The van der Waals surface area contributed by atoms with Crippen LogP contribution in [-0.4, -0.2) is 13.6 Å². The van der Waals surface area contributed by atoms with Crippen molar-refractivity contribution in [3.63, 3.8) is 0 Å². The lowest BCUT2D eigenvalue weighted by atomic mass is 9.88. The molecule has 19 heavy (non-hydrogen) atoms. The quantitative estimate of drug-likeness (QED) is 0.845. The summed E-state index contributed by atoms with van der Waals surface area (Å²) in [7, 11) is 2.13. The Labute approximate surface area is 115 Å². The number of rotatable bonds is 3. The molecular weight excluding hydrogens is 234 g/mol. The molecular formula is C16H21N3. The molecule has 2 N–H and O–H groups in total. The molecule has 3 atom stereocenters. The lowest BCUT2D eigenvalue weighted by Crippen LogP contribution is -2.28. The number of nitrogens with zero attached hydrogens (tertiary/aromatic N) is 2. The van der Waals surface area contributed by atoms with Gasteiger partial charge >= 0.3 is 0 Å². The van der Waals surface area contributed by atoms with Gasteiger partial charge in [0.25, 0.3) is 0 Å². The minimum absolute atomic E-state index is 0.567. The number of benzene rings is 1. The third-order valence-corrected chi connectivity index (χ3v) is 4.99. The van der Waals surface area contributed by atoms with E-state index in [1.54, 1.807) is 0 Å². The van der Waals surface area contributed by atoms with Gasteiger partial charge < -0.3 is 10.6 Å². The van der Waals surface area contributed by atoms with E-state index >= 15 is 0 Å². The van der Waals surface area contributed by atoms with E-state index in [9.17, 15) is 0 Å². The Bertz CT molecular complexity index is 517. The second-order valence-corrected chi connectivity index (χ2v) is 6.20. The van der Waals surface area contributed by atoms with Crippen molar-refractivity contribution < 1.29 is 0 Å². The van der Waals surface area contributed by atoms with Crippen LogP contribution in [-0.2, 0) is 0 Å². The zero-order valence-electron chi connectivity index (χ0n) is 11.5. The Balaban J connectivity index is 1.69. The van der Waals surface area contributed by atoms with Crippen molar-refractivity contribution in [2.24, 2.45) is 17.8 Å². The van der Waals surface area contributed by atoms with E-state index in [0.717, 1.165) is 30.0 Å². The van der Waals surface area contributed by atoms with Gasteiger partial charge in [-0.3, -0.25) is 0 Å².